The standard InChI is InChI=1S/C16H24N6.2ClH/c1-20-7-2-3-13(20)4-8-21-9-6-18-16(21)15-11-14-12-17-5-10-22(14)19-15;;/h6,9,11,13,17H,2-5,7-8,10,12H2,1H3;2*1H. The van der Waals surface area contributed by atoms with Gasteiger partial charge in [0, 0.05) is 38.1 Å². The van der Waals surface area contributed by atoms with Gasteiger partial charge in [-0.25, -0.2) is 4.98 Å². The first-order chi connectivity index (χ1) is 10.8. The molecule has 4 rings (SSSR count). The molecule has 0 bridgehead atoms. The summed E-state index contributed by atoms with van der Waals surface area (Å²) in [6.45, 7) is 5.10. The zero-order valence-electron chi connectivity index (χ0n) is 14.0. The van der Waals surface area contributed by atoms with Crippen LogP contribution in [0, 0.1) is 0 Å². The van der Waals surface area contributed by atoms with E-state index in [1.54, 1.807) is 0 Å². The summed E-state index contributed by atoms with van der Waals surface area (Å²) in [5.41, 5.74) is 2.26. The van der Waals surface area contributed by atoms with Gasteiger partial charge in [-0.3, -0.25) is 4.68 Å². The number of rotatable bonds is 4. The number of hydrogen-bond acceptors (Lipinski definition) is 4. The van der Waals surface area contributed by atoms with Crippen molar-refractivity contribution < 1.29 is 0 Å². The quantitative estimate of drug-likeness (QED) is 0.893. The van der Waals surface area contributed by atoms with Crippen molar-refractivity contribution >= 4 is 24.8 Å². The highest BCUT2D eigenvalue weighted by atomic mass is 35.5. The number of likely N-dealkylation sites (tertiary alicyclic amines) is 1. The van der Waals surface area contributed by atoms with Gasteiger partial charge in [0.2, 0.25) is 0 Å². The average Bonchev–Trinajstić information content (AvgIpc) is 3.23. The largest absolute Gasteiger partial charge is 0.330 e. The Balaban J connectivity index is 0.00000104. The number of imidazole rings is 1. The molecule has 2 aliphatic heterocycles. The second kappa shape index (κ2) is 8.34. The fourth-order valence-corrected chi connectivity index (χ4v) is 3.66. The lowest BCUT2D eigenvalue weighted by Gasteiger charge is -2.19. The number of nitrogens with one attached hydrogen (secondary N) is 1. The molecule has 24 heavy (non-hydrogen) atoms. The van der Waals surface area contributed by atoms with E-state index in [-0.39, 0.29) is 24.8 Å². The molecule has 0 saturated carbocycles. The highest BCUT2D eigenvalue weighted by Gasteiger charge is 2.21. The second-order valence-electron chi connectivity index (χ2n) is 6.43. The molecule has 0 amide bonds. The van der Waals surface area contributed by atoms with Crippen molar-refractivity contribution in [2.45, 2.75) is 44.9 Å². The Hall–Kier alpha value is -1.08. The van der Waals surface area contributed by atoms with Crippen LogP contribution in [-0.4, -0.2) is 50.4 Å². The minimum absolute atomic E-state index is 0. The second-order valence-corrected chi connectivity index (χ2v) is 6.43. The summed E-state index contributed by atoms with van der Waals surface area (Å²) in [6, 6.07) is 2.89. The third-order valence-corrected chi connectivity index (χ3v) is 4.99. The molecule has 1 saturated heterocycles. The van der Waals surface area contributed by atoms with Crippen LogP contribution in [0.2, 0.25) is 0 Å². The van der Waals surface area contributed by atoms with Gasteiger partial charge < -0.3 is 14.8 Å². The molecule has 2 aromatic rings. The van der Waals surface area contributed by atoms with Gasteiger partial charge in [0.25, 0.3) is 0 Å². The zero-order chi connectivity index (χ0) is 14.9. The number of halogens is 2. The molecule has 4 heterocycles. The van der Waals surface area contributed by atoms with Crippen molar-refractivity contribution in [2.24, 2.45) is 0 Å². The molecule has 0 spiro atoms. The fraction of sp³-hybridized carbons (Fsp3) is 0.625. The number of nitrogens with zero attached hydrogens (tertiary/aromatic N) is 5. The molecular weight excluding hydrogens is 347 g/mol. The summed E-state index contributed by atoms with van der Waals surface area (Å²) in [4.78, 5) is 7.03. The first-order valence-corrected chi connectivity index (χ1v) is 8.30. The smallest absolute Gasteiger partial charge is 0.160 e. The lowest BCUT2D eigenvalue weighted by molar-refractivity contribution is 0.286. The van der Waals surface area contributed by atoms with Crippen LogP contribution in [0.3, 0.4) is 0 Å². The topological polar surface area (TPSA) is 50.9 Å². The summed E-state index contributed by atoms with van der Waals surface area (Å²) in [5.74, 6) is 1.00. The molecule has 1 N–H and O–H groups in total. The lowest BCUT2D eigenvalue weighted by atomic mass is 10.1. The third kappa shape index (κ3) is 3.77. The molecule has 134 valence electrons. The van der Waals surface area contributed by atoms with E-state index in [4.69, 9.17) is 5.10 Å². The molecule has 6 nitrogen and oxygen atoms in total. The normalized spacial score (nSPS) is 20.3. The van der Waals surface area contributed by atoms with Crippen LogP contribution in [-0.2, 0) is 19.6 Å². The maximum Gasteiger partial charge on any atom is 0.160 e. The van der Waals surface area contributed by atoms with Crippen molar-refractivity contribution in [3.05, 3.63) is 24.2 Å². The van der Waals surface area contributed by atoms with E-state index < -0.39 is 0 Å². The van der Waals surface area contributed by atoms with Crippen molar-refractivity contribution in [1.29, 1.82) is 0 Å². The van der Waals surface area contributed by atoms with E-state index in [9.17, 15) is 0 Å². The Labute approximate surface area is 155 Å². The Morgan fingerprint density at radius 2 is 2.17 bits per heavy atom. The molecule has 0 radical (unpaired) electrons. The van der Waals surface area contributed by atoms with Crippen molar-refractivity contribution in [3.8, 4) is 11.5 Å². The molecular formula is C16H26Cl2N6. The van der Waals surface area contributed by atoms with E-state index in [2.05, 4.69) is 43.8 Å². The highest BCUT2D eigenvalue weighted by molar-refractivity contribution is 5.85. The van der Waals surface area contributed by atoms with Gasteiger partial charge in [-0.2, -0.15) is 5.10 Å². The third-order valence-electron chi connectivity index (χ3n) is 4.99. The van der Waals surface area contributed by atoms with Crippen molar-refractivity contribution in [1.82, 2.24) is 29.5 Å². The van der Waals surface area contributed by atoms with Gasteiger partial charge in [0.15, 0.2) is 5.82 Å². The molecule has 8 heteroatoms. The van der Waals surface area contributed by atoms with E-state index in [1.807, 2.05) is 6.20 Å². The Morgan fingerprint density at radius 3 is 2.92 bits per heavy atom. The van der Waals surface area contributed by atoms with Gasteiger partial charge in [-0.05, 0) is 38.9 Å². The Bertz CT molecular complexity index is 629. The van der Waals surface area contributed by atoms with E-state index in [0.717, 1.165) is 43.7 Å². The van der Waals surface area contributed by atoms with Gasteiger partial charge in [0.05, 0.1) is 12.2 Å². The van der Waals surface area contributed by atoms with Crippen molar-refractivity contribution in [3.63, 3.8) is 0 Å². The number of hydrogen-bond donors (Lipinski definition) is 1. The first kappa shape index (κ1) is 19.2. The number of fused-ring (bicyclic) bond motifs is 1. The van der Waals surface area contributed by atoms with Crippen LogP contribution in [0.25, 0.3) is 11.5 Å². The van der Waals surface area contributed by atoms with Crippen LogP contribution < -0.4 is 5.32 Å². The van der Waals surface area contributed by atoms with Gasteiger partial charge in [-0.1, -0.05) is 0 Å². The Kier molecular flexibility index (Phi) is 6.69. The number of aryl methyl sites for hydroxylation is 1. The van der Waals surface area contributed by atoms with Crippen LogP contribution in [0.15, 0.2) is 18.5 Å². The SMILES string of the molecule is CN1CCCC1CCn1ccnc1-c1cc2n(n1)CCNC2.Cl.Cl. The minimum Gasteiger partial charge on any atom is -0.330 e. The summed E-state index contributed by atoms with van der Waals surface area (Å²) < 4.78 is 4.36. The summed E-state index contributed by atoms with van der Waals surface area (Å²) >= 11 is 0. The predicted octanol–water partition coefficient (Wildman–Crippen LogP) is 2.18. The summed E-state index contributed by atoms with van der Waals surface area (Å²) in [7, 11) is 2.24. The summed E-state index contributed by atoms with van der Waals surface area (Å²) in [6.07, 6.45) is 7.82. The van der Waals surface area contributed by atoms with Crippen LogP contribution in [0.4, 0.5) is 0 Å². The highest BCUT2D eigenvalue weighted by Crippen LogP contribution is 2.22. The van der Waals surface area contributed by atoms with Crippen LogP contribution in [0.1, 0.15) is 25.0 Å². The van der Waals surface area contributed by atoms with Gasteiger partial charge in [0.1, 0.15) is 5.69 Å². The molecule has 1 atom stereocenters. The predicted molar refractivity (Wildman–Crippen MR) is 99.9 cm³/mol. The zero-order valence-corrected chi connectivity index (χ0v) is 15.7. The Morgan fingerprint density at radius 1 is 1.29 bits per heavy atom. The van der Waals surface area contributed by atoms with E-state index in [0.29, 0.717) is 0 Å². The molecule has 0 aromatic carbocycles. The number of aromatic nitrogens is 4. The monoisotopic (exact) mass is 372 g/mol. The molecule has 1 fully saturated rings. The maximum absolute atomic E-state index is 4.73. The van der Waals surface area contributed by atoms with Crippen LogP contribution >= 0.6 is 24.8 Å². The minimum atomic E-state index is 0. The molecule has 2 aromatic heterocycles. The molecule has 2 aliphatic rings. The first-order valence-electron chi connectivity index (χ1n) is 8.30. The fourth-order valence-electron chi connectivity index (χ4n) is 3.66. The lowest BCUT2D eigenvalue weighted by Crippen LogP contribution is -2.28. The molecule has 0 aliphatic carbocycles. The summed E-state index contributed by atoms with van der Waals surface area (Å²) in [5, 5.41) is 8.12. The van der Waals surface area contributed by atoms with Gasteiger partial charge >= 0.3 is 0 Å². The van der Waals surface area contributed by atoms with Crippen LogP contribution in [0.5, 0.6) is 0 Å². The van der Waals surface area contributed by atoms with E-state index in [1.165, 1.54) is 31.5 Å². The molecule has 1 unspecified atom stereocenters. The average molecular weight is 373 g/mol. The maximum atomic E-state index is 4.73. The van der Waals surface area contributed by atoms with Crippen molar-refractivity contribution in [2.75, 3.05) is 20.1 Å². The van der Waals surface area contributed by atoms with Gasteiger partial charge in [-0.15, -0.1) is 24.8 Å². The van der Waals surface area contributed by atoms with E-state index >= 15 is 0 Å².